The number of halogens is 1. The third-order valence-corrected chi connectivity index (χ3v) is 3.05. The maximum absolute atomic E-state index is 12.9. The van der Waals surface area contributed by atoms with E-state index in [4.69, 9.17) is 5.21 Å². The SMILES string of the molecule is C=CCN(CC=C)CC(=NO)c1ccc(F)s1. The van der Waals surface area contributed by atoms with Gasteiger partial charge >= 0.3 is 0 Å². The van der Waals surface area contributed by atoms with Crippen LogP contribution in [0.4, 0.5) is 4.39 Å². The van der Waals surface area contributed by atoms with Crippen molar-refractivity contribution < 1.29 is 9.60 Å². The molecule has 1 N–H and O–H groups in total. The second-order valence-corrected chi connectivity index (χ2v) is 4.46. The van der Waals surface area contributed by atoms with Crippen LogP contribution in [-0.2, 0) is 0 Å². The molecule has 0 aliphatic rings. The summed E-state index contributed by atoms with van der Waals surface area (Å²) in [6.45, 7) is 9.04. The number of hydrogen-bond donors (Lipinski definition) is 1. The van der Waals surface area contributed by atoms with Crippen LogP contribution in [0.3, 0.4) is 0 Å². The summed E-state index contributed by atoms with van der Waals surface area (Å²) < 4.78 is 12.9. The first-order chi connectivity index (χ1) is 8.21. The predicted molar refractivity (Wildman–Crippen MR) is 69.4 cm³/mol. The Hall–Kier alpha value is -1.46. The lowest BCUT2D eigenvalue weighted by Gasteiger charge is -2.18. The Bertz CT molecular complexity index is 404. The molecule has 17 heavy (non-hydrogen) atoms. The fourth-order valence-corrected chi connectivity index (χ4v) is 2.11. The van der Waals surface area contributed by atoms with Crippen LogP contribution < -0.4 is 0 Å². The Morgan fingerprint density at radius 2 is 2.06 bits per heavy atom. The van der Waals surface area contributed by atoms with Gasteiger partial charge in [0.15, 0.2) is 5.13 Å². The summed E-state index contributed by atoms with van der Waals surface area (Å²) in [6, 6.07) is 2.96. The summed E-state index contributed by atoms with van der Waals surface area (Å²) >= 11 is 0.963. The maximum Gasteiger partial charge on any atom is 0.177 e. The highest BCUT2D eigenvalue weighted by Crippen LogP contribution is 2.16. The number of nitrogens with zero attached hydrogens (tertiary/aromatic N) is 2. The van der Waals surface area contributed by atoms with E-state index in [0.717, 1.165) is 11.3 Å². The number of rotatable bonds is 7. The largest absolute Gasteiger partial charge is 0.411 e. The summed E-state index contributed by atoms with van der Waals surface area (Å²) in [7, 11) is 0. The van der Waals surface area contributed by atoms with Crippen molar-refractivity contribution in [3.05, 3.63) is 47.5 Å². The van der Waals surface area contributed by atoms with Gasteiger partial charge in [0.1, 0.15) is 5.71 Å². The molecule has 5 heteroatoms. The van der Waals surface area contributed by atoms with Crippen molar-refractivity contribution in [1.29, 1.82) is 0 Å². The average Bonchev–Trinajstić information content (AvgIpc) is 2.73. The van der Waals surface area contributed by atoms with E-state index in [2.05, 4.69) is 18.3 Å². The first-order valence-electron chi connectivity index (χ1n) is 5.12. The summed E-state index contributed by atoms with van der Waals surface area (Å²) in [6.07, 6.45) is 3.51. The molecule has 0 amide bonds. The van der Waals surface area contributed by atoms with Gasteiger partial charge in [-0.15, -0.1) is 24.5 Å². The molecule has 1 aromatic rings. The highest BCUT2D eigenvalue weighted by Gasteiger charge is 2.12. The van der Waals surface area contributed by atoms with Gasteiger partial charge in [0.2, 0.25) is 0 Å². The van der Waals surface area contributed by atoms with Crippen LogP contribution in [0.15, 0.2) is 42.6 Å². The zero-order chi connectivity index (χ0) is 12.7. The number of oxime groups is 1. The van der Waals surface area contributed by atoms with Crippen molar-refractivity contribution in [3.63, 3.8) is 0 Å². The minimum atomic E-state index is -0.292. The van der Waals surface area contributed by atoms with Crippen molar-refractivity contribution in [2.75, 3.05) is 19.6 Å². The van der Waals surface area contributed by atoms with E-state index in [1.165, 1.54) is 6.07 Å². The minimum Gasteiger partial charge on any atom is -0.411 e. The molecule has 92 valence electrons. The van der Waals surface area contributed by atoms with Crippen LogP contribution in [0.2, 0.25) is 0 Å². The smallest absolute Gasteiger partial charge is 0.177 e. The van der Waals surface area contributed by atoms with Crippen molar-refractivity contribution in [2.45, 2.75) is 0 Å². The molecule has 0 aromatic carbocycles. The van der Waals surface area contributed by atoms with Gasteiger partial charge in [-0.2, -0.15) is 4.39 Å². The lowest BCUT2D eigenvalue weighted by molar-refractivity contribution is 0.311. The lowest BCUT2D eigenvalue weighted by atomic mass is 10.2. The molecule has 0 unspecified atom stereocenters. The van der Waals surface area contributed by atoms with Gasteiger partial charge < -0.3 is 5.21 Å². The molecule has 0 saturated carbocycles. The first-order valence-corrected chi connectivity index (χ1v) is 5.93. The zero-order valence-corrected chi connectivity index (χ0v) is 10.3. The fraction of sp³-hybridized carbons (Fsp3) is 0.250. The predicted octanol–water partition coefficient (Wildman–Crippen LogP) is 2.74. The third kappa shape index (κ3) is 4.13. The van der Waals surface area contributed by atoms with E-state index < -0.39 is 0 Å². The summed E-state index contributed by atoms with van der Waals surface area (Å²) in [5.41, 5.74) is 0.447. The molecule has 0 aliphatic carbocycles. The second kappa shape index (κ2) is 6.98. The molecule has 0 atom stereocenters. The maximum atomic E-state index is 12.9. The van der Waals surface area contributed by atoms with Gasteiger partial charge in [-0.3, -0.25) is 4.90 Å². The van der Waals surface area contributed by atoms with Crippen molar-refractivity contribution >= 4 is 17.0 Å². The molecule has 0 radical (unpaired) electrons. The molecule has 0 fully saturated rings. The number of thiophene rings is 1. The zero-order valence-electron chi connectivity index (χ0n) is 9.47. The quantitative estimate of drug-likeness (QED) is 0.351. The van der Waals surface area contributed by atoms with Gasteiger partial charge in [-0.1, -0.05) is 17.3 Å². The highest BCUT2D eigenvalue weighted by molar-refractivity contribution is 7.12. The summed E-state index contributed by atoms with van der Waals surface area (Å²) in [5, 5.41) is 11.9. The van der Waals surface area contributed by atoms with Crippen molar-refractivity contribution in [1.82, 2.24) is 4.90 Å². The van der Waals surface area contributed by atoms with Gasteiger partial charge in [-0.25, -0.2) is 0 Å². The second-order valence-electron chi connectivity index (χ2n) is 3.42. The van der Waals surface area contributed by atoms with E-state index in [-0.39, 0.29) is 5.13 Å². The molecule has 0 aliphatic heterocycles. The van der Waals surface area contributed by atoms with Crippen LogP contribution in [0.5, 0.6) is 0 Å². The molecule has 1 rings (SSSR count). The molecule has 1 heterocycles. The first kappa shape index (κ1) is 13.6. The van der Waals surface area contributed by atoms with E-state index in [1.54, 1.807) is 18.2 Å². The minimum absolute atomic E-state index is 0.292. The molecular weight excluding hydrogens is 239 g/mol. The Morgan fingerprint density at radius 1 is 1.41 bits per heavy atom. The van der Waals surface area contributed by atoms with E-state index in [0.29, 0.717) is 30.2 Å². The average molecular weight is 254 g/mol. The Kier molecular flexibility index (Phi) is 5.59. The topological polar surface area (TPSA) is 35.8 Å². The van der Waals surface area contributed by atoms with Gasteiger partial charge in [0, 0.05) is 19.6 Å². The van der Waals surface area contributed by atoms with Crippen LogP contribution in [0, 0.1) is 5.13 Å². The standard InChI is InChI=1S/C12H15FN2OS/c1-3-7-15(8-4-2)9-10(14-16)11-5-6-12(13)17-11/h3-6,16H,1-2,7-9H2. The van der Waals surface area contributed by atoms with Crippen LogP contribution in [-0.4, -0.2) is 35.5 Å². The van der Waals surface area contributed by atoms with E-state index >= 15 is 0 Å². The lowest BCUT2D eigenvalue weighted by Crippen LogP contribution is -2.30. The normalized spacial score (nSPS) is 11.8. The molecule has 1 aromatic heterocycles. The third-order valence-electron chi connectivity index (χ3n) is 2.13. The van der Waals surface area contributed by atoms with Crippen LogP contribution in [0.1, 0.15) is 4.88 Å². The van der Waals surface area contributed by atoms with Crippen LogP contribution >= 0.6 is 11.3 Å². The van der Waals surface area contributed by atoms with Gasteiger partial charge in [0.05, 0.1) is 4.88 Å². The van der Waals surface area contributed by atoms with Gasteiger partial charge in [-0.05, 0) is 12.1 Å². The Labute approximate surface area is 104 Å². The summed E-state index contributed by atoms with van der Waals surface area (Å²) in [5.74, 6) is 0. The Morgan fingerprint density at radius 3 is 2.47 bits per heavy atom. The molecular formula is C12H15FN2OS. The highest BCUT2D eigenvalue weighted by atomic mass is 32.1. The molecule has 3 nitrogen and oxygen atoms in total. The monoisotopic (exact) mass is 254 g/mol. The van der Waals surface area contributed by atoms with E-state index in [9.17, 15) is 4.39 Å². The van der Waals surface area contributed by atoms with E-state index in [1.807, 2.05) is 4.90 Å². The molecule has 0 saturated heterocycles. The van der Waals surface area contributed by atoms with Crippen molar-refractivity contribution in [2.24, 2.45) is 5.16 Å². The van der Waals surface area contributed by atoms with Crippen LogP contribution in [0.25, 0.3) is 0 Å². The molecule has 0 bridgehead atoms. The fourth-order valence-electron chi connectivity index (χ4n) is 1.41. The Balaban J connectivity index is 2.74. The summed E-state index contributed by atoms with van der Waals surface area (Å²) in [4.78, 5) is 2.61. The molecule has 0 spiro atoms. The van der Waals surface area contributed by atoms with Crippen molar-refractivity contribution in [3.8, 4) is 0 Å². The number of hydrogen-bond acceptors (Lipinski definition) is 4. The van der Waals surface area contributed by atoms with Gasteiger partial charge in [0.25, 0.3) is 0 Å².